The summed E-state index contributed by atoms with van der Waals surface area (Å²) in [4.78, 5) is 4.06. The van der Waals surface area contributed by atoms with Crippen LogP contribution in [0.15, 0.2) is 17.6 Å². The van der Waals surface area contributed by atoms with Crippen molar-refractivity contribution >= 4 is 5.96 Å². The minimum atomic E-state index is 0.643. The maximum Gasteiger partial charge on any atom is 0.191 e. The highest BCUT2D eigenvalue weighted by atomic mass is 16.5. The highest BCUT2D eigenvalue weighted by Crippen LogP contribution is 1.87. The fourth-order valence-corrected chi connectivity index (χ4v) is 1.20. The summed E-state index contributed by atoms with van der Waals surface area (Å²) in [7, 11) is 1.74. The van der Waals surface area contributed by atoms with E-state index < -0.39 is 0 Å². The molecule has 106 valence electrons. The minimum Gasteiger partial charge on any atom is -0.379 e. The van der Waals surface area contributed by atoms with Crippen molar-refractivity contribution in [2.75, 3.05) is 46.6 Å². The molecule has 2 N–H and O–H groups in total. The third kappa shape index (κ3) is 11.4. The van der Waals surface area contributed by atoms with Gasteiger partial charge >= 0.3 is 0 Å². The fraction of sp³-hybridized carbons (Fsp3) is 0.769. The standard InChI is InChI=1S/C13H27N3O2/c1-4-6-9-17-11-12-18-10-8-16-13(14-3)15-7-5-2/h5H,2,4,6-12H2,1,3H3,(H2,14,15,16). The molecule has 0 heterocycles. The molecule has 0 bridgehead atoms. The zero-order chi connectivity index (χ0) is 13.5. The number of rotatable bonds is 11. The first-order valence-corrected chi connectivity index (χ1v) is 6.56. The van der Waals surface area contributed by atoms with Crippen LogP contribution in [-0.2, 0) is 9.47 Å². The monoisotopic (exact) mass is 257 g/mol. The molecule has 0 aliphatic carbocycles. The van der Waals surface area contributed by atoms with E-state index in [0.717, 1.165) is 25.5 Å². The Morgan fingerprint density at radius 1 is 1.17 bits per heavy atom. The van der Waals surface area contributed by atoms with Crippen LogP contribution in [0.25, 0.3) is 0 Å². The lowest BCUT2D eigenvalue weighted by atomic mass is 10.4. The van der Waals surface area contributed by atoms with Gasteiger partial charge in [0.05, 0.1) is 19.8 Å². The van der Waals surface area contributed by atoms with Crippen LogP contribution in [0.3, 0.4) is 0 Å². The Morgan fingerprint density at radius 3 is 2.50 bits per heavy atom. The normalized spacial score (nSPS) is 11.3. The van der Waals surface area contributed by atoms with Crippen molar-refractivity contribution in [2.45, 2.75) is 19.8 Å². The van der Waals surface area contributed by atoms with E-state index in [1.807, 2.05) is 0 Å². The summed E-state index contributed by atoms with van der Waals surface area (Å²) in [5.74, 6) is 0.762. The maximum absolute atomic E-state index is 5.42. The van der Waals surface area contributed by atoms with Gasteiger partial charge in [0.25, 0.3) is 0 Å². The van der Waals surface area contributed by atoms with Crippen molar-refractivity contribution in [3.05, 3.63) is 12.7 Å². The summed E-state index contributed by atoms with van der Waals surface area (Å²) >= 11 is 0. The van der Waals surface area contributed by atoms with Crippen LogP contribution in [0, 0.1) is 0 Å². The largest absolute Gasteiger partial charge is 0.379 e. The summed E-state index contributed by atoms with van der Waals surface area (Å²) in [6.45, 7) is 10.0. The van der Waals surface area contributed by atoms with E-state index in [4.69, 9.17) is 9.47 Å². The molecule has 5 heteroatoms. The van der Waals surface area contributed by atoms with Gasteiger partial charge in [-0.1, -0.05) is 19.4 Å². The number of unbranched alkanes of at least 4 members (excludes halogenated alkanes) is 1. The Bertz CT molecular complexity index is 220. The molecule has 0 aliphatic heterocycles. The van der Waals surface area contributed by atoms with E-state index in [9.17, 15) is 0 Å². The second kappa shape index (κ2) is 14.0. The number of hydrogen-bond donors (Lipinski definition) is 2. The average molecular weight is 257 g/mol. The number of guanidine groups is 1. The molecule has 5 nitrogen and oxygen atoms in total. The first kappa shape index (κ1) is 16.9. The molecule has 0 aromatic rings. The predicted octanol–water partition coefficient (Wildman–Crippen LogP) is 1.17. The van der Waals surface area contributed by atoms with E-state index >= 15 is 0 Å². The van der Waals surface area contributed by atoms with Crippen LogP contribution in [-0.4, -0.2) is 52.5 Å². The van der Waals surface area contributed by atoms with Crippen LogP contribution in [0.1, 0.15) is 19.8 Å². The molecule has 0 spiro atoms. The van der Waals surface area contributed by atoms with E-state index in [0.29, 0.717) is 26.4 Å². The van der Waals surface area contributed by atoms with Crippen molar-refractivity contribution in [2.24, 2.45) is 4.99 Å². The number of nitrogens with zero attached hydrogens (tertiary/aromatic N) is 1. The fourth-order valence-electron chi connectivity index (χ4n) is 1.20. The first-order valence-electron chi connectivity index (χ1n) is 6.56. The van der Waals surface area contributed by atoms with Gasteiger partial charge in [-0.15, -0.1) is 6.58 Å². The third-order valence-corrected chi connectivity index (χ3v) is 2.19. The van der Waals surface area contributed by atoms with Crippen LogP contribution in [0.4, 0.5) is 0 Å². The first-order chi connectivity index (χ1) is 8.85. The SMILES string of the molecule is C=CCNC(=NC)NCCOCCOCCCC. The number of ether oxygens (including phenoxy) is 2. The smallest absolute Gasteiger partial charge is 0.191 e. The van der Waals surface area contributed by atoms with Crippen molar-refractivity contribution in [1.29, 1.82) is 0 Å². The van der Waals surface area contributed by atoms with Crippen molar-refractivity contribution in [1.82, 2.24) is 10.6 Å². The van der Waals surface area contributed by atoms with Gasteiger partial charge in [-0.3, -0.25) is 4.99 Å². The molecule has 0 fully saturated rings. The Kier molecular flexibility index (Phi) is 13.2. The van der Waals surface area contributed by atoms with E-state index in [1.165, 1.54) is 6.42 Å². The Balaban J connectivity index is 3.25. The molecule has 0 amide bonds. The van der Waals surface area contributed by atoms with Crippen LogP contribution < -0.4 is 10.6 Å². The van der Waals surface area contributed by atoms with Crippen LogP contribution in [0.2, 0.25) is 0 Å². The van der Waals surface area contributed by atoms with E-state index in [1.54, 1.807) is 13.1 Å². The predicted molar refractivity (Wildman–Crippen MR) is 76.1 cm³/mol. The van der Waals surface area contributed by atoms with Crippen molar-refractivity contribution < 1.29 is 9.47 Å². The molecule has 0 unspecified atom stereocenters. The van der Waals surface area contributed by atoms with Crippen LogP contribution >= 0.6 is 0 Å². The molecule has 0 aliphatic rings. The topological polar surface area (TPSA) is 54.9 Å². The maximum atomic E-state index is 5.42. The van der Waals surface area contributed by atoms with E-state index in [-0.39, 0.29) is 0 Å². The molecule has 0 saturated carbocycles. The highest BCUT2D eigenvalue weighted by molar-refractivity contribution is 5.79. The van der Waals surface area contributed by atoms with Crippen molar-refractivity contribution in [3.8, 4) is 0 Å². The Labute approximate surface area is 111 Å². The van der Waals surface area contributed by atoms with Gasteiger partial charge in [-0.2, -0.15) is 0 Å². The van der Waals surface area contributed by atoms with Gasteiger partial charge in [0.1, 0.15) is 0 Å². The molecular formula is C13H27N3O2. The molecule has 0 saturated heterocycles. The molecule has 18 heavy (non-hydrogen) atoms. The molecule has 0 radical (unpaired) electrons. The summed E-state index contributed by atoms with van der Waals surface area (Å²) in [6.07, 6.45) is 4.07. The molecule has 0 atom stereocenters. The van der Waals surface area contributed by atoms with E-state index in [2.05, 4.69) is 29.1 Å². The lowest BCUT2D eigenvalue weighted by Crippen LogP contribution is -2.39. The van der Waals surface area contributed by atoms with Gasteiger partial charge in [0, 0.05) is 26.7 Å². The summed E-state index contributed by atoms with van der Waals surface area (Å²) in [5.41, 5.74) is 0. The molecule has 0 aromatic carbocycles. The van der Waals surface area contributed by atoms with Gasteiger partial charge in [-0.05, 0) is 6.42 Å². The quantitative estimate of drug-likeness (QED) is 0.252. The zero-order valence-electron chi connectivity index (χ0n) is 11.7. The second-order valence-corrected chi connectivity index (χ2v) is 3.75. The summed E-state index contributed by atoms with van der Waals surface area (Å²) in [5, 5.41) is 6.23. The second-order valence-electron chi connectivity index (χ2n) is 3.75. The zero-order valence-corrected chi connectivity index (χ0v) is 11.7. The number of nitrogens with one attached hydrogen (secondary N) is 2. The highest BCUT2D eigenvalue weighted by Gasteiger charge is 1.94. The molecular weight excluding hydrogens is 230 g/mol. The summed E-state index contributed by atoms with van der Waals surface area (Å²) in [6, 6.07) is 0. The Hall–Kier alpha value is -1.07. The molecule has 0 rings (SSSR count). The number of hydrogen-bond acceptors (Lipinski definition) is 3. The van der Waals surface area contributed by atoms with Gasteiger partial charge in [-0.25, -0.2) is 0 Å². The third-order valence-electron chi connectivity index (χ3n) is 2.19. The lowest BCUT2D eigenvalue weighted by molar-refractivity contribution is 0.0487. The van der Waals surface area contributed by atoms with Gasteiger partial charge in [0.2, 0.25) is 0 Å². The van der Waals surface area contributed by atoms with Gasteiger partial charge in [0.15, 0.2) is 5.96 Å². The van der Waals surface area contributed by atoms with Crippen molar-refractivity contribution in [3.63, 3.8) is 0 Å². The minimum absolute atomic E-state index is 0.643. The summed E-state index contributed by atoms with van der Waals surface area (Å²) < 4.78 is 10.8. The number of aliphatic imine (C=N–C) groups is 1. The van der Waals surface area contributed by atoms with Crippen LogP contribution in [0.5, 0.6) is 0 Å². The molecule has 0 aromatic heterocycles. The Morgan fingerprint density at radius 2 is 1.89 bits per heavy atom. The average Bonchev–Trinajstić information content (AvgIpc) is 2.40. The van der Waals surface area contributed by atoms with Gasteiger partial charge < -0.3 is 20.1 Å². The lowest BCUT2D eigenvalue weighted by Gasteiger charge is -2.10.